The minimum absolute atomic E-state index is 0.00132. The average molecular weight is 440 g/mol. The first-order valence-corrected chi connectivity index (χ1v) is 9.92. The van der Waals surface area contributed by atoms with Crippen LogP contribution in [0.15, 0.2) is 41.3 Å². The lowest BCUT2D eigenvalue weighted by molar-refractivity contribution is -0.116. The lowest BCUT2D eigenvalue weighted by Gasteiger charge is -2.21. The van der Waals surface area contributed by atoms with Gasteiger partial charge in [0.15, 0.2) is 0 Å². The molecular formula is C16H14Cl3FN2O3S. The van der Waals surface area contributed by atoms with Gasteiger partial charge in [0.25, 0.3) is 0 Å². The second kappa shape index (κ2) is 8.54. The average Bonchev–Trinajstić information content (AvgIpc) is 2.58. The van der Waals surface area contributed by atoms with Crippen molar-refractivity contribution in [1.29, 1.82) is 0 Å². The van der Waals surface area contributed by atoms with Crippen molar-refractivity contribution in [3.8, 4) is 0 Å². The Hall–Kier alpha value is -1.38. The Morgan fingerprint density at radius 1 is 1.12 bits per heavy atom. The minimum Gasteiger partial charge on any atom is -0.325 e. The van der Waals surface area contributed by atoms with Gasteiger partial charge < -0.3 is 5.32 Å². The first kappa shape index (κ1) is 20.9. The van der Waals surface area contributed by atoms with Gasteiger partial charge >= 0.3 is 0 Å². The number of hydrogen-bond acceptors (Lipinski definition) is 3. The molecule has 1 N–H and O–H groups in total. The van der Waals surface area contributed by atoms with Crippen molar-refractivity contribution in [3.05, 3.63) is 57.3 Å². The summed E-state index contributed by atoms with van der Waals surface area (Å²) in [5.74, 6) is -1.24. The second-order valence-corrected chi connectivity index (χ2v) is 8.34. The van der Waals surface area contributed by atoms with E-state index in [2.05, 4.69) is 5.32 Å². The zero-order chi connectivity index (χ0) is 19.5. The predicted octanol–water partition coefficient (Wildman–Crippen LogP) is 4.44. The number of carbonyl (C=O) groups is 1. The molecule has 5 nitrogen and oxygen atoms in total. The predicted molar refractivity (Wildman–Crippen MR) is 101 cm³/mol. The van der Waals surface area contributed by atoms with Crippen LogP contribution in [0.25, 0.3) is 0 Å². The summed E-state index contributed by atoms with van der Waals surface area (Å²) in [5.41, 5.74) is 0.246. The van der Waals surface area contributed by atoms with E-state index in [1.165, 1.54) is 30.3 Å². The van der Waals surface area contributed by atoms with Gasteiger partial charge in [-0.05, 0) is 36.4 Å². The molecule has 0 spiro atoms. The fourth-order valence-corrected chi connectivity index (χ4v) is 4.44. The topological polar surface area (TPSA) is 66.5 Å². The lowest BCUT2D eigenvalue weighted by Crippen LogP contribution is -2.38. The number of rotatable bonds is 6. The summed E-state index contributed by atoms with van der Waals surface area (Å²) in [6.45, 7) is 1.15. The largest absolute Gasteiger partial charge is 0.325 e. The summed E-state index contributed by atoms with van der Waals surface area (Å²) in [5, 5.41) is 2.51. The van der Waals surface area contributed by atoms with Crippen LogP contribution >= 0.6 is 34.8 Å². The normalized spacial score (nSPS) is 11.6. The highest BCUT2D eigenvalue weighted by Gasteiger charge is 2.27. The van der Waals surface area contributed by atoms with Crippen LogP contribution in [-0.2, 0) is 14.8 Å². The molecule has 0 unspecified atom stereocenters. The number of amides is 1. The van der Waals surface area contributed by atoms with Gasteiger partial charge in [0.1, 0.15) is 10.7 Å². The van der Waals surface area contributed by atoms with Crippen molar-refractivity contribution >= 4 is 56.4 Å². The van der Waals surface area contributed by atoms with Crippen LogP contribution in [0.3, 0.4) is 0 Å². The molecule has 10 heteroatoms. The Balaban J connectivity index is 2.20. The number of carbonyl (C=O) groups excluding carboxylic acids is 1. The summed E-state index contributed by atoms with van der Waals surface area (Å²) in [7, 11) is -4.04. The third-order valence-corrected chi connectivity index (χ3v) is 6.31. The quantitative estimate of drug-likeness (QED) is 0.724. The molecule has 0 aliphatic heterocycles. The maximum atomic E-state index is 13.2. The smallest absolute Gasteiger partial charge is 0.245 e. The number of halogens is 4. The molecule has 1 amide bonds. The number of benzene rings is 2. The highest BCUT2D eigenvalue weighted by atomic mass is 35.5. The molecule has 2 aromatic rings. The molecule has 0 aliphatic rings. The lowest BCUT2D eigenvalue weighted by atomic mass is 10.3. The molecule has 0 aliphatic carbocycles. The highest BCUT2D eigenvalue weighted by molar-refractivity contribution is 7.89. The van der Waals surface area contributed by atoms with Gasteiger partial charge in [0.2, 0.25) is 15.9 Å². The van der Waals surface area contributed by atoms with Gasteiger partial charge in [-0.25, -0.2) is 12.8 Å². The molecule has 2 aromatic carbocycles. The van der Waals surface area contributed by atoms with E-state index in [0.717, 1.165) is 10.4 Å². The monoisotopic (exact) mass is 438 g/mol. The summed E-state index contributed by atoms with van der Waals surface area (Å²) in [6, 6.07) is 7.69. The Bertz CT molecular complexity index is 938. The third kappa shape index (κ3) is 4.86. The second-order valence-electron chi connectivity index (χ2n) is 5.18. The van der Waals surface area contributed by atoms with Crippen LogP contribution in [0.4, 0.5) is 10.1 Å². The third-order valence-electron chi connectivity index (χ3n) is 3.39. The number of anilines is 1. The highest BCUT2D eigenvalue weighted by Crippen LogP contribution is 2.27. The van der Waals surface area contributed by atoms with Gasteiger partial charge in [-0.15, -0.1) is 0 Å². The van der Waals surface area contributed by atoms with Gasteiger partial charge in [0, 0.05) is 17.3 Å². The van der Waals surface area contributed by atoms with E-state index >= 15 is 0 Å². The zero-order valence-corrected chi connectivity index (χ0v) is 16.6. The van der Waals surface area contributed by atoms with Crippen LogP contribution in [0.2, 0.25) is 15.1 Å². The minimum atomic E-state index is -4.04. The standard InChI is InChI=1S/C16H14Cl3FN2O3S/c1-2-22(26(24,25)15-7-10(17)3-5-12(15)18)9-16(23)21-11-4-6-14(20)13(19)8-11/h3-8H,2,9H2,1H3,(H,21,23). The van der Waals surface area contributed by atoms with E-state index in [4.69, 9.17) is 34.8 Å². The van der Waals surface area contributed by atoms with Crippen LogP contribution in [0.1, 0.15) is 6.92 Å². The number of hydrogen-bond donors (Lipinski definition) is 1. The van der Waals surface area contributed by atoms with Crippen LogP contribution in [-0.4, -0.2) is 31.7 Å². The van der Waals surface area contributed by atoms with Crippen LogP contribution < -0.4 is 5.32 Å². The fraction of sp³-hybridized carbons (Fsp3) is 0.188. The Morgan fingerprint density at radius 2 is 1.81 bits per heavy atom. The molecule has 0 fully saturated rings. The van der Waals surface area contributed by atoms with Crippen LogP contribution in [0.5, 0.6) is 0 Å². The van der Waals surface area contributed by atoms with Crippen molar-refractivity contribution in [1.82, 2.24) is 4.31 Å². The molecule has 0 saturated heterocycles. The van der Waals surface area contributed by atoms with E-state index in [-0.39, 0.29) is 32.2 Å². The summed E-state index contributed by atoms with van der Waals surface area (Å²) < 4.78 is 39.6. The molecular weight excluding hydrogens is 426 g/mol. The molecule has 2 rings (SSSR count). The molecule has 26 heavy (non-hydrogen) atoms. The molecule has 0 radical (unpaired) electrons. The Morgan fingerprint density at radius 3 is 2.42 bits per heavy atom. The molecule has 0 aromatic heterocycles. The molecule has 0 heterocycles. The summed E-state index contributed by atoms with van der Waals surface area (Å²) in [4.78, 5) is 12.0. The van der Waals surface area contributed by atoms with Crippen molar-refractivity contribution in [2.45, 2.75) is 11.8 Å². The first-order valence-electron chi connectivity index (χ1n) is 7.35. The zero-order valence-electron chi connectivity index (χ0n) is 13.5. The van der Waals surface area contributed by atoms with E-state index in [9.17, 15) is 17.6 Å². The Kier molecular flexibility index (Phi) is 6.87. The number of nitrogens with one attached hydrogen (secondary N) is 1. The number of nitrogens with zero attached hydrogens (tertiary/aromatic N) is 1. The molecule has 0 bridgehead atoms. The fourth-order valence-electron chi connectivity index (χ4n) is 2.12. The van der Waals surface area contributed by atoms with Crippen molar-refractivity contribution in [3.63, 3.8) is 0 Å². The van der Waals surface area contributed by atoms with Crippen LogP contribution in [0, 0.1) is 5.82 Å². The van der Waals surface area contributed by atoms with Gasteiger partial charge in [-0.3, -0.25) is 4.79 Å². The van der Waals surface area contributed by atoms with Crippen molar-refractivity contribution in [2.24, 2.45) is 0 Å². The maximum absolute atomic E-state index is 13.2. The van der Waals surface area contributed by atoms with E-state index < -0.39 is 28.3 Å². The van der Waals surface area contributed by atoms with Gasteiger partial charge in [-0.1, -0.05) is 41.7 Å². The number of likely N-dealkylation sites (N-methyl/N-ethyl adjacent to an activating group) is 1. The van der Waals surface area contributed by atoms with E-state index in [0.29, 0.717) is 0 Å². The van der Waals surface area contributed by atoms with E-state index in [1.807, 2.05) is 0 Å². The molecule has 0 atom stereocenters. The summed E-state index contributed by atoms with van der Waals surface area (Å²) in [6.07, 6.45) is 0. The van der Waals surface area contributed by atoms with Gasteiger partial charge in [-0.2, -0.15) is 4.31 Å². The van der Waals surface area contributed by atoms with Crippen molar-refractivity contribution < 1.29 is 17.6 Å². The number of sulfonamides is 1. The van der Waals surface area contributed by atoms with Gasteiger partial charge in [0.05, 0.1) is 16.6 Å². The Labute approximate surface area is 165 Å². The SMILES string of the molecule is CCN(CC(=O)Nc1ccc(F)c(Cl)c1)S(=O)(=O)c1cc(Cl)ccc1Cl. The van der Waals surface area contributed by atoms with E-state index in [1.54, 1.807) is 6.92 Å². The first-order chi connectivity index (χ1) is 12.1. The maximum Gasteiger partial charge on any atom is 0.245 e. The summed E-state index contributed by atoms with van der Waals surface area (Å²) >= 11 is 17.5. The molecule has 140 valence electrons. The molecule has 0 saturated carbocycles. The van der Waals surface area contributed by atoms with Crippen molar-refractivity contribution in [2.75, 3.05) is 18.4 Å².